The van der Waals surface area contributed by atoms with Gasteiger partial charge >= 0.3 is 0 Å². The van der Waals surface area contributed by atoms with Gasteiger partial charge in [-0.3, -0.25) is 0 Å². The van der Waals surface area contributed by atoms with Gasteiger partial charge < -0.3 is 0 Å². The minimum Gasteiger partial charge on any atom is -0.0622 e. The molecule has 0 saturated heterocycles. The van der Waals surface area contributed by atoms with E-state index in [-0.39, 0.29) is 27.1 Å². The van der Waals surface area contributed by atoms with Crippen molar-refractivity contribution >= 4 is 64.6 Å². The van der Waals surface area contributed by atoms with Gasteiger partial charge in [-0.2, -0.15) is 0 Å². The van der Waals surface area contributed by atoms with Gasteiger partial charge in [-0.15, -0.1) is 0 Å². The quantitative estimate of drug-likeness (QED) is 0.133. The van der Waals surface area contributed by atoms with Gasteiger partial charge in [-0.05, 0) is 307 Å². The fourth-order valence-corrected chi connectivity index (χ4v) is 24.5. The van der Waals surface area contributed by atoms with E-state index in [1.165, 1.54) is 265 Å². The molecule has 0 amide bonds. The zero-order valence-electron chi connectivity index (χ0n) is 74.6. The van der Waals surface area contributed by atoms with Gasteiger partial charge in [-0.1, -0.05) is 427 Å². The summed E-state index contributed by atoms with van der Waals surface area (Å²) < 4.78 is 0. The van der Waals surface area contributed by atoms with Crippen LogP contribution in [0.5, 0.6) is 0 Å². The van der Waals surface area contributed by atoms with E-state index in [9.17, 15) is 0 Å². The molecule has 0 aliphatic heterocycles. The first kappa shape index (κ1) is 76.6. The van der Waals surface area contributed by atoms with Gasteiger partial charge in [0, 0.05) is 27.1 Å². The van der Waals surface area contributed by atoms with Crippen molar-refractivity contribution in [1.29, 1.82) is 0 Å². The summed E-state index contributed by atoms with van der Waals surface area (Å²) in [7, 11) is 0. The monoisotopic (exact) mass is 1640 g/mol. The Kier molecular flexibility index (Phi) is 16.7. The van der Waals surface area contributed by atoms with Crippen LogP contribution < -0.4 is 0 Å². The van der Waals surface area contributed by atoms with Crippen LogP contribution in [0.15, 0.2) is 400 Å². The van der Waals surface area contributed by atoms with Crippen molar-refractivity contribution in [3.63, 3.8) is 0 Å². The number of hydrogen-bond donors (Lipinski definition) is 0. The van der Waals surface area contributed by atoms with E-state index in [0.29, 0.717) is 0 Å². The van der Waals surface area contributed by atoms with Gasteiger partial charge in [-0.25, -0.2) is 0 Å². The molecule has 612 valence electrons. The van der Waals surface area contributed by atoms with Crippen molar-refractivity contribution in [3.05, 3.63) is 456 Å². The summed E-state index contributed by atoms with van der Waals surface area (Å²) in [5, 5.41) is 15.2. The van der Waals surface area contributed by atoms with E-state index in [4.69, 9.17) is 0 Å². The molecule has 26 rings (SSSR count). The molecule has 0 radical (unpaired) electrons. The third-order valence-electron chi connectivity index (χ3n) is 31.0. The molecule has 129 heavy (non-hydrogen) atoms. The molecule has 5 aliphatic rings. The van der Waals surface area contributed by atoms with Gasteiger partial charge in [0.25, 0.3) is 0 Å². The van der Waals surface area contributed by atoms with Crippen LogP contribution in [0.1, 0.15) is 125 Å². The summed E-state index contributed by atoms with van der Waals surface area (Å²) in [6.07, 6.45) is 0. The molecule has 0 bridgehead atoms. The highest BCUT2D eigenvalue weighted by Gasteiger charge is 2.42. The SMILES string of the molecule is CC1(C)c2ccccc2-c2ccc(-c3c4ccccc4c(-c4ccc5c(c4)C(C)(C)c4ccccc4-5)c4cc(-c5c6ccccc6c(-c6ccc(-c7ccccc7)cc6)c6ccccc56)ccc34)cc21.CC1(C)c2ccccc2-c2ccc(-c3ccc4c(-c5ccc6c(c5)C(C)(C)c5ccccc5-6)c5ccccc5c(-c5ccc6c(c5)C(C)(C)c5ccccc5-6)c4c3)cc21. The van der Waals surface area contributed by atoms with Crippen LogP contribution in [0.25, 0.3) is 209 Å². The Bertz CT molecular complexity index is 8360. The Morgan fingerprint density at radius 2 is 0.279 bits per heavy atom. The van der Waals surface area contributed by atoms with E-state index in [2.05, 4.69) is 470 Å². The van der Waals surface area contributed by atoms with Gasteiger partial charge in [0.05, 0.1) is 0 Å². The van der Waals surface area contributed by atoms with Crippen molar-refractivity contribution in [3.8, 4) is 145 Å². The molecule has 0 heterocycles. The van der Waals surface area contributed by atoms with E-state index in [1.807, 2.05) is 0 Å². The second kappa shape index (κ2) is 28.1. The van der Waals surface area contributed by atoms with E-state index in [0.717, 1.165) is 0 Å². The van der Waals surface area contributed by atoms with Crippen molar-refractivity contribution < 1.29 is 0 Å². The Morgan fingerprint density at radius 3 is 0.581 bits per heavy atom. The third kappa shape index (κ3) is 11.2. The van der Waals surface area contributed by atoms with Gasteiger partial charge in [0.2, 0.25) is 0 Å². The Balaban J connectivity index is 0.000000142. The highest BCUT2D eigenvalue weighted by Crippen LogP contribution is 2.59. The normalized spacial score (nSPS) is 14.7. The van der Waals surface area contributed by atoms with Crippen molar-refractivity contribution in [1.82, 2.24) is 0 Å². The molecule has 0 atom stereocenters. The van der Waals surface area contributed by atoms with Crippen LogP contribution in [-0.4, -0.2) is 0 Å². The standard InChI is InChI=1S/C70H50.C59H46/c1-69(2)61-28-16-14-20-49(61)51-37-34-47(41-63(51)69)67-57-26-12-13-27-58(57)68(48-35-38-52-50-21-15-17-29-62(50)70(3,4)64(52)42-48)60-40-46(36-39-59(60)67)66-55-24-10-8-22-53(55)65(54-23-9-11-25-56(54)66)45-32-30-44(31-33-45)43-18-6-5-7-19-43;1-57(2)49-20-12-9-15-39(49)42-27-23-36(32-52(42)57)35-24-30-47-48(31-35)56(38-26-29-44-41-17-11-14-22-51(41)59(5,6)54(44)34-38)46-19-8-7-18-45(46)55(47)37-25-28-43-40-16-10-13-21-50(40)58(3,4)53(43)33-37/h5-42H,1-4H3;7-34H,1-6H3. The lowest BCUT2D eigenvalue weighted by atomic mass is 9.79. The molecule has 0 unspecified atom stereocenters. The second-order valence-electron chi connectivity index (χ2n) is 39.6. The maximum absolute atomic E-state index is 2.53. The predicted octanol–water partition coefficient (Wildman–Crippen LogP) is 35.2. The summed E-state index contributed by atoms with van der Waals surface area (Å²) in [5.74, 6) is 0. The average molecular weight is 1650 g/mol. The molecule has 0 fully saturated rings. The zero-order valence-corrected chi connectivity index (χ0v) is 74.6. The van der Waals surface area contributed by atoms with Gasteiger partial charge in [0.15, 0.2) is 0 Å². The first-order chi connectivity index (χ1) is 62.8. The van der Waals surface area contributed by atoms with E-state index >= 15 is 0 Å². The van der Waals surface area contributed by atoms with Crippen LogP contribution in [-0.2, 0) is 27.1 Å². The number of hydrogen-bond acceptors (Lipinski definition) is 0. The second-order valence-corrected chi connectivity index (χ2v) is 39.6. The lowest BCUT2D eigenvalue weighted by molar-refractivity contribution is 0.660. The summed E-state index contributed by atoms with van der Waals surface area (Å²) in [6.45, 7) is 23.9. The van der Waals surface area contributed by atoms with Crippen LogP contribution >= 0.6 is 0 Å². The summed E-state index contributed by atoms with van der Waals surface area (Å²) in [4.78, 5) is 0. The fourth-order valence-electron chi connectivity index (χ4n) is 24.5. The van der Waals surface area contributed by atoms with Crippen molar-refractivity contribution in [2.24, 2.45) is 0 Å². The molecule has 0 heteroatoms. The topological polar surface area (TPSA) is 0 Å². The number of benzene rings is 21. The number of rotatable bonds is 8. The minimum absolute atomic E-state index is 0.0664. The van der Waals surface area contributed by atoms with E-state index in [1.54, 1.807) is 0 Å². The zero-order chi connectivity index (χ0) is 86.9. The molecular weight excluding hydrogens is 1550 g/mol. The fraction of sp³-hybridized carbons (Fsp3) is 0.116. The smallest absolute Gasteiger partial charge is 0.0159 e. The lowest BCUT2D eigenvalue weighted by Crippen LogP contribution is -2.15. The maximum atomic E-state index is 2.53. The molecule has 0 N–H and O–H groups in total. The highest BCUT2D eigenvalue weighted by atomic mass is 14.4. The first-order valence-electron chi connectivity index (χ1n) is 46.1. The molecular formula is C129H96. The summed E-state index contributed by atoms with van der Waals surface area (Å²) in [5.41, 5.74) is 47.1. The molecule has 5 aliphatic carbocycles. The molecule has 0 spiro atoms. The van der Waals surface area contributed by atoms with Crippen LogP contribution in [0, 0.1) is 0 Å². The highest BCUT2D eigenvalue weighted by molar-refractivity contribution is 6.27. The minimum atomic E-state index is -0.130. The van der Waals surface area contributed by atoms with Crippen molar-refractivity contribution in [2.45, 2.75) is 96.3 Å². The molecule has 0 aromatic heterocycles. The van der Waals surface area contributed by atoms with Crippen LogP contribution in [0.4, 0.5) is 0 Å². The molecule has 21 aromatic carbocycles. The van der Waals surface area contributed by atoms with Crippen LogP contribution in [0.3, 0.4) is 0 Å². The number of fused-ring (bicyclic) bond motifs is 21. The Labute approximate surface area is 756 Å². The van der Waals surface area contributed by atoms with Crippen LogP contribution in [0.2, 0.25) is 0 Å². The summed E-state index contributed by atoms with van der Waals surface area (Å²) >= 11 is 0. The first-order valence-corrected chi connectivity index (χ1v) is 46.1. The molecule has 0 saturated carbocycles. The Hall–Kier alpha value is -14.8. The van der Waals surface area contributed by atoms with Crippen molar-refractivity contribution in [2.75, 3.05) is 0 Å². The molecule has 0 nitrogen and oxygen atoms in total. The summed E-state index contributed by atoms with van der Waals surface area (Å²) in [6, 6.07) is 152. The maximum Gasteiger partial charge on any atom is 0.0159 e. The van der Waals surface area contributed by atoms with E-state index < -0.39 is 0 Å². The lowest BCUT2D eigenvalue weighted by Gasteiger charge is -2.24. The average Bonchev–Trinajstić information content (AvgIpc) is 1.39. The predicted molar refractivity (Wildman–Crippen MR) is 549 cm³/mol. The molecule has 21 aromatic rings. The van der Waals surface area contributed by atoms with Gasteiger partial charge in [0.1, 0.15) is 0 Å². The Morgan fingerprint density at radius 1 is 0.109 bits per heavy atom. The third-order valence-corrected chi connectivity index (χ3v) is 31.0. The largest absolute Gasteiger partial charge is 0.0622 e.